The van der Waals surface area contributed by atoms with Crippen LogP contribution in [-0.2, 0) is 17.8 Å². The van der Waals surface area contributed by atoms with Gasteiger partial charge in [-0.25, -0.2) is 0 Å². The van der Waals surface area contributed by atoms with Crippen LogP contribution in [0.15, 0.2) is 42.7 Å². The van der Waals surface area contributed by atoms with E-state index in [1.54, 1.807) is 6.20 Å². The van der Waals surface area contributed by atoms with Crippen LogP contribution in [-0.4, -0.2) is 64.8 Å². The summed E-state index contributed by atoms with van der Waals surface area (Å²) in [6.45, 7) is 6.79. The average molecular weight is 479 g/mol. The van der Waals surface area contributed by atoms with E-state index in [0.29, 0.717) is 17.7 Å². The Labute approximate surface area is 210 Å². The van der Waals surface area contributed by atoms with Gasteiger partial charge in [0.25, 0.3) is 0 Å². The second-order valence-electron chi connectivity index (χ2n) is 11.1. The minimum Gasteiger partial charge on any atom is -0.492 e. The first kappa shape index (κ1) is 24.4. The molecule has 0 bridgehead atoms. The normalized spacial score (nSPS) is 21.5. The molecule has 0 N–H and O–H groups in total. The van der Waals surface area contributed by atoms with Gasteiger partial charge in [0.2, 0.25) is 5.91 Å². The van der Waals surface area contributed by atoms with Crippen molar-refractivity contribution in [3.63, 3.8) is 0 Å². The van der Waals surface area contributed by atoms with Gasteiger partial charge < -0.3 is 9.64 Å². The van der Waals surface area contributed by atoms with E-state index in [2.05, 4.69) is 39.2 Å². The first-order valence-corrected chi connectivity index (χ1v) is 13.9. The fourth-order valence-electron chi connectivity index (χ4n) is 6.03. The summed E-state index contributed by atoms with van der Waals surface area (Å²) < 4.78 is 8.20. The molecular formula is C29H42N4O2. The lowest BCUT2D eigenvalue weighted by molar-refractivity contribution is -0.134. The molecule has 2 fully saturated rings. The number of rotatable bonds is 6. The Kier molecular flexibility index (Phi) is 8.07. The van der Waals surface area contributed by atoms with E-state index in [1.165, 1.54) is 44.2 Å². The number of carbonyl (C=O) groups is 1. The molecule has 2 aliphatic heterocycles. The minimum absolute atomic E-state index is 0.319. The van der Waals surface area contributed by atoms with Crippen molar-refractivity contribution in [2.24, 2.45) is 11.3 Å². The molecule has 3 aliphatic rings. The third kappa shape index (κ3) is 6.87. The lowest BCUT2D eigenvalue weighted by atomic mass is 9.73. The number of hydrogen-bond donors (Lipinski definition) is 0. The Morgan fingerprint density at radius 2 is 1.91 bits per heavy atom. The molecule has 1 spiro atoms. The standard InChI is InChI=1S/C29H42N4O2/c34-28(10-5-17-33-18-6-16-30-33)32-19-14-29(15-20-32)13-4-3-8-26-7-1-2-9-27(26)35-22-21-31(24-29)23-25-11-12-25/h1-2,6-7,9,16,18,25H,3-5,8,10-15,17,19-24H2. The van der Waals surface area contributed by atoms with E-state index in [4.69, 9.17) is 4.74 Å². The van der Waals surface area contributed by atoms with Gasteiger partial charge in [0.05, 0.1) is 0 Å². The van der Waals surface area contributed by atoms with Crippen LogP contribution in [0.2, 0.25) is 0 Å². The molecule has 1 amide bonds. The Hall–Kier alpha value is -2.34. The number of nitrogens with zero attached hydrogens (tertiary/aromatic N) is 4. The first-order chi connectivity index (χ1) is 17.2. The smallest absolute Gasteiger partial charge is 0.222 e. The predicted octanol–water partition coefficient (Wildman–Crippen LogP) is 4.79. The SMILES string of the molecule is O=C(CCCn1cccn1)N1CCC2(CCCCc3ccccc3OCCN(CC3CC3)C2)CC1. The number of hydrogen-bond acceptors (Lipinski definition) is 4. The topological polar surface area (TPSA) is 50.6 Å². The van der Waals surface area contributed by atoms with Gasteiger partial charge in [-0.3, -0.25) is 14.4 Å². The van der Waals surface area contributed by atoms with Gasteiger partial charge in [-0.15, -0.1) is 0 Å². The van der Waals surface area contributed by atoms with Gasteiger partial charge in [0.1, 0.15) is 12.4 Å². The number of carbonyl (C=O) groups excluding carboxylic acids is 1. The highest BCUT2D eigenvalue weighted by Gasteiger charge is 2.38. The number of likely N-dealkylation sites (tertiary alicyclic amines) is 1. The number of ether oxygens (including phenoxy) is 1. The van der Waals surface area contributed by atoms with Crippen LogP contribution in [0.3, 0.4) is 0 Å². The molecule has 1 aromatic heterocycles. The quantitative estimate of drug-likeness (QED) is 0.599. The molecule has 6 heteroatoms. The van der Waals surface area contributed by atoms with Crippen molar-refractivity contribution in [3.05, 3.63) is 48.3 Å². The van der Waals surface area contributed by atoms with Crippen molar-refractivity contribution < 1.29 is 9.53 Å². The lowest BCUT2D eigenvalue weighted by Crippen LogP contribution is -2.49. The molecule has 0 radical (unpaired) electrons. The van der Waals surface area contributed by atoms with Gasteiger partial charge in [-0.2, -0.15) is 5.10 Å². The summed E-state index contributed by atoms with van der Waals surface area (Å²) in [6.07, 6.45) is 15.1. The van der Waals surface area contributed by atoms with E-state index in [-0.39, 0.29) is 0 Å². The Morgan fingerprint density at radius 3 is 2.71 bits per heavy atom. The van der Waals surface area contributed by atoms with Crippen LogP contribution in [0.5, 0.6) is 5.75 Å². The molecule has 5 rings (SSSR count). The van der Waals surface area contributed by atoms with E-state index >= 15 is 0 Å². The van der Waals surface area contributed by atoms with Crippen LogP contribution >= 0.6 is 0 Å². The van der Waals surface area contributed by atoms with E-state index in [1.807, 2.05) is 16.9 Å². The maximum absolute atomic E-state index is 12.9. The molecule has 0 unspecified atom stereocenters. The van der Waals surface area contributed by atoms with Gasteiger partial charge >= 0.3 is 0 Å². The zero-order valence-corrected chi connectivity index (χ0v) is 21.2. The molecule has 1 saturated heterocycles. The highest BCUT2D eigenvalue weighted by atomic mass is 16.5. The molecule has 3 heterocycles. The van der Waals surface area contributed by atoms with Crippen LogP contribution in [0.1, 0.15) is 63.4 Å². The van der Waals surface area contributed by atoms with E-state index in [0.717, 1.165) is 76.7 Å². The summed E-state index contributed by atoms with van der Waals surface area (Å²) in [5, 5.41) is 4.25. The van der Waals surface area contributed by atoms with E-state index < -0.39 is 0 Å². The van der Waals surface area contributed by atoms with Crippen LogP contribution in [0.4, 0.5) is 0 Å². The predicted molar refractivity (Wildman–Crippen MR) is 138 cm³/mol. The van der Waals surface area contributed by atoms with E-state index in [9.17, 15) is 4.79 Å². The van der Waals surface area contributed by atoms with Gasteiger partial charge in [-0.05, 0) is 80.4 Å². The fraction of sp³-hybridized carbons (Fsp3) is 0.655. The molecule has 1 aromatic carbocycles. The third-order valence-corrected chi connectivity index (χ3v) is 8.33. The number of aryl methyl sites for hydroxylation is 2. The first-order valence-electron chi connectivity index (χ1n) is 13.9. The third-order valence-electron chi connectivity index (χ3n) is 8.33. The molecule has 1 aliphatic carbocycles. The van der Waals surface area contributed by atoms with Crippen molar-refractivity contribution in [2.75, 3.05) is 39.3 Å². The number of piperidine rings is 1. The Bertz CT molecular complexity index is 932. The number of aromatic nitrogens is 2. The molecule has 1 saturated carbocycles. The van der Waals surface area contributed by atoms with Crippen molar-refractivity contribution in [1.29, 1.82) is 0 Å². The zero-order chi connectivity index (χ0) is 23.9. The second kappa shape index (κ2) is 11.6. The average Bonchev–Trinajstić information content (AvgIpc) is 3.53. The second-order valence-corrected chi connectivity index (χ2v) is 11.1. The fourth-order valence-corrected chi connectivity index (χ4v) is 6.03. The number of amides is 1. The molecule has 0 atom stereocenters. The lowest BCUT2D eigenvalue weighted by Gasteiger charge is -2.45. The molecule has 190 valence electrons. The zero-order valence-electron chi connectivity index (χ0n) is 21.2. The summed E-state index contributed by atoms with van der Waals surface area (Å²) in [5.74, 6) is 2.28. The van der Waals surface area contributed by atoms with Crippen LogP contribution in [0, 0.1) is 11.3 Å². The molecule has 6 nitrogen and oxygen atoms in total. The maximum atomic E-state index is 12.9. The minimum atomic E-state index is 0.319. The summed E-state index contributed by atoms with van der Waals surface area (Å²) in [5.41, 5.74) is 1.69. The van der Waals surface area contributed by atoms with Crippen molar-refractivity contribution in [3.8, 4) is 5.75 Å². The van der Waals surface area contributed by atoms with Crippen molar-refractivity contribution in [2.45, 2.75) is 70.8 Å². The Balaban J connectivity index is 1.19. The number of benzene rings is 1. The molecule has 35 heavy (non-hydrogen) atoms. The van der Waals surface area contributed by atoms with Gasteiger partial charge in [0, 0.05) is 58.1 Å². The number of para-hydroxylation sites is 1. The van der Waals surface area contributed by atoms with Crippen LogP contribution in [0.25, 0.3) is 0 Å². The van der Waals surface area contributed by atoms with Crippen LogP contribution < -0.4 is 4.74 Å². The maximum Gasteiger partial charge on any atom is 0.222 e. The summed E-state index contributed by atoms with van der Waals surface area (Å²) in [6, 6.07) is 10.5. The molecule has 2 aromatic rings. The van der Waals surface area contributed by atoms with Crippen molar-refractivity contribution in [1.82, 2.24) is 19.6 Å². The summed E-state index contributed by atoms with van der Waals surface area (Å²) in [4.78, 5) is 17.7. The van der Waals surface area contributed by atoms with Crippen molar-refractivity contribution >= 4 is 5.91 Å². The monoisotopic (exact) mass is 478 g/mol. The number of fused-ring (bicyclic) bond motifs is 1. The van der Waals surface area contributed by atoms with Gasteiger partial charge in [-0.1, -0.05) is 24.6 Å². The largest absolute Gasteiger partial charge is 0.492 e. The molecular weight excluding hydrogens is 436 g/mol. The Morgan fingerprint density at radius 1 is 1.06 bits per heavy atom. The highest BCUT2D eigenvalue weighted by Crippen LogP contribution is 2.40. The van der Waals surface area contributed by atoms with Gasteiger partial charge in [0.15, 0.2) is 0 Å². The highest BCUT2D eigenvalue weighted by molar-refractivity contribution is 5.76. The summed E-state index contributed by atoms with van der Waals surface area (Å²) in [7, 11) is 0. The summed E-state index contributed by atoms with van der Waals surface area (Å²) >= 11 is 0.